The number of carbonyl (C=O) groups excluding carboxylic acids is 1. The first kappa shape index (κ1) is 18.5. The molecule has 0 radical (unpaired) electrons. The summed E-state index contributed by atoms with van der Waals surface area (Å²) in [7, 11) is -3.98. The van der Waals surface area contributed by atoms with Gasteiger partial charge in [0.25, 0.3) is 0 Å². The van der Waals surface area contributed by atoms with Crippen LogP contribution in [0.25, 0.3) is 0 Å². The summed E-state index contributed by atoms with van der Waals surface area (Å²) in [6, 6.07) is 2.27. The van der Waals surface area contributed by atoms with Crippen LogP contribution in [0.4, 0.5) is 8.78 Å². The molecule has 0 spiro atoms. The van der Waals surface area contributed by atoms with Crippen molar-refractivity contribution in [3.8, 4) is 0 Å². The number of hydrogen-bond acceptors (Lipinski definition) is 3. The fourth-order valence-electron chi connectivity index (χ4n) is 1.52. The summed E-state index contributed by atoms with van der Waals surface area (Å²) in [4.78, 5) is 11.2. The minimum Gasteiger partial charge on any atom is -0.353 e. The van der Waals surface area contributed by atoms with E-state index in [1.165, 1.54) is 0 Å². The number of hydrogen-bond donors (Lipinski definition) is 2. The predicted octanol–water partition coefficient (Wildman–Crippen LogP) is 1.79. The molecule has 22 heavy (non-hydrogen) atoms. The van der Waals surface area contributed by atoms with Crippen LogP contribution in [0.1, 0.15) is 27.2 Å². The molecule has 5 nitrogen and oxygen atoms in total. The van der Waals surface area contributed by atoms with Gasteiger partial charge in [0, 0.05) is 19.0 Å². The van der Waals surface area contributed by atoms with Crippen LogP contribution >= 0.6 is 0 Å². The van der Waals surface area contributed by atoms with Crippen LogP contribution in [0, 0.1) is 17.6 Å². The van der Waals surface area contributed by atoms with Gasteiger partial charge < -0.3 is 5.32 Å². The van der Waals surface area contributed by atoms with Gasteiger partial charge in [0.2, 0.25) is 15.9 Å². The summed E-state index contributed by atoms with van der Waals surface area (Å²) in [6.45, 7) is 5.64. The fraction of sp³-hybridized carbons (Fsp3) is 0.500. The van der Waals surface area contributed by atoms with E-state index >= 15 is 0 Å². The van der Waals surface area contributed by atoms with Crippen molar-refractivity contribution < 1.29 is 22.0 Å². The second kappa shape index (κ2) is 7.64. The topological polar surface area (TPSA) is 75.3 Å². The normalized spacial score (nSPS) is 13.2. The lowest BCUT2D eigenvalue weighted by Gasteiger charge is -2.17. The maximum atomic E-state index is 13.0. The van der Waals surface area contributed by atoms with Crippen molar-refractivity contribution in [2.45, 2.75) is 38.1 Å². The third kappa shape index (κ3) is 5.34. The van der Waals surface area contributed by atoms with Crippen molar-refractivity contribution in [1.82, 2.24) is 10.0 Å². The van der Waals surface area contributed by atoms with E-state index in [0.29, 0.717) is 6.07 Å². The number of benzene rings is 1. The van der Waals surface area contributed by atoms with Crippen molar-refractivity contribution in [3.05, 3.63) is 29.8 Å². The fourth-order valence-corrected chi connectivity index (χ4v) is 2.56. The molecule has 1 atom stereocenters. The molecule has 1 amide bonds. The summed E-state index contributed by atoms with van der Waals surface area (Å²) in [6.07, 6.45) is -0.0417. The quantitative estimate of drug-likeness (QED) is 0.798. The lowest BCUT2D eigenvalue weighted by Crippen LogP contribution is -2.38. The lowest BCUT2D eigenvalue weighted by atomic mass is 10.1. The van der Waals surface area contributed by atoms with E-state index in [0.717, 1.165) is 12.1 Å². The Hall–Kier alpha value is -1.54. The highest BCUT2D eigenvalue weighted by Gasteiger charge is 2.17. The third-order valence-electron chi connectivity index (χ3n) is 3.23. The molecule has 2 N–H and O–H groups in total. The summed E-state index contributed by atoms with van der Waals surface area (Å²) in [5.41, 5.74) is 0. The van der Waals surface area contributed by atoms with Crippen molar-refractivity contribution in [2.24, 2.45) is 5.92 Å². The molecule has 0 saturated heterocycles. The Labute approximate surface area is 129 Å². The van der Waals surface area contributed by atoms with Gasteiger partial charge in [-0.3, -0.25) is 4.79 Å². The summed E-state index contributed by atoms with van der Waals surface area (Å²) in [5.74, 6) is -2.38. The first-order valence-electron chi connectivity index (χ1n) is 6.87. The molecule has 1 aromatic rings. The Morgan fingerprint density at radius 1 is 1.18 bits per heavy atom. The molecule has 0 bridgehead atoms. The van der Waals surface area contributed by atoms with E-state index in [4.69, 9.17) is 0 Å². The molecule has 1 aromatic carbocycles. The third-order valence-corrected chi connectivity index (χ3v) is 4.69. The molecule has 0 fully saturated rings. The van der Waals surface area contributed by atoms with Crippen molar-refractivity contribution >= 4 is 15.9 Å². The van der Waals surface area contributed by atoms with Gasteiger partial charge in [0.05, 0.1) is 4.90 Å². The minimum atomic E-state index is -3.98. The molecule has 0 saturated carbocycles. The highest BCUT2D eigenvalue weighted by Crippen LogP contribution is 2.13. The van der Waals surface area contributed by atoms with E-state index in [9.17, 15) is 22.0 Å². The van der Waals surface area contributed by atoms with Gasteiger partial charge in [0.15, 0.2) is 11.6 Å². The summed E-state index contributed by atoms with van der Waals surface area (Å²) < 4.78 is 51.8. The Morgan fingerprint density at radius 3 is 2.36 bits per heavy atom. The van der Waals surface area contributed by atoms with Gasteiger partial charge in [-0.2, -0.15) is 0 Å². The molecule has 8 heteroatoms. The maximum Gasteiger partial charge on any atom is 0.240 e. The van der Waals surface area contributed by atoms with Crippen LogP contribution in [0.5, 0.6) is 0 Å². The molecule has 0 aliphatic heterocycles. The van der Waals surface area contributed by atoms with Crippen LogP contribution in [-0.2, 0) is 14.8 Å². The van der Waals surface area contributed by atoms with Crippen molar-refractivity contribution in [3.63, 3.8) is 0 Å². The zero-order valence-electron chi connectivity index (χ0n) is 12.7. The van der Waals surface area contributed by atoms with Gasteiger partial charge in [-0.1, -0.05) is 13.8 Å². The monoisotopic (exact) mass is 334 g/mol. The highest BCUT2D eigenvalue weighted by molar-refractivity contribution is 7.89. The van der Waals surface area contributed by atoms with Crippen molar-refractivity contribution in [2.75, 3.05) is 6.54 Å². The molecule has 0 aliphatic rings. The van der Waals surface area contributed by atoms with Gasteiger partial charge >= 0.3 is 0 Å². The largest absolute Gasteiger partial charge is 0.353 e. The molecule has 124 valence electrons. The number of nitrogens with one attached hydrogen (secondary N) is 2. The average molecular weight is 334 g/mol. The molecular weight excluding hydrogens is 314 g/mol. The Kier molecular flexibility index (Phi) is 6.43. The second-order valence-corrected chi connectivity index (χ2v) is 7.09. The zero-order chi connectivity index (χ0) is 16.9. The van der Waals surface area contributed by atoms with Crippen LogP contribution in [-0.4, -0.2) is 26.9 Å². The van der Waals surface area contributed by atoms with Gasteiger partial charge in [-0.05, 0) is 31.0 Å². The number of carbonyl (C=O) groups is 1. The lowest BCUT2D eigenvalue weighted by molar-refractivity contribution is -0.121. The molecule has 0 heterocycles. The first-order valence-corrected chi connectivity index (χ1v) is 8.36. The molecule has 0 aliphatic carbocycles. The Morgan fingerprint density at radius 2 is 1.82 bits per heavy atom. The van der Waals surface area contributed by atoms with E-state index in [2.05, 4.69) is 10.0 Å². The molecular formula is C14H20F2N2O3S. The minimum absolute atomic E-state index is 0.0182. The SMILES string of the molecule is CC(C)C(C)NC(=O)CCNS(=O)(=O)c1ccc(F)c(F)c1. The van der Waals surface area contributed by atoms with Gasteiger partial charge in [0.1, 0.15) is 0 Å². The van der Waals surface area contributed by atoms with Crippen LogP contribution in [0.2, 0.25) is 0 Å². The standard InChI is InChI=1S/C14H20F2N2O3S/c1-9(2)10(3)18-14(19)6-7-17-22(20,21)11-4-5-12(15)13(16)8-11/h4-5,8-10,17H,6-7H2,1-3H3,(H,18,19). The van der Waals surface area contributed by atoms with E-state index < -0.39 is 21.7 Å². The maximum absolute atomic E-state index is 13.0. The number of amides is 1. The van der Waals surface area contributed by atoms with Crippen molar-refractivity contribution in [1.29, 1.82) is 0 Å². The van der Waals surface area contributed by atoms with E-state index in [-0.39, 0.29) is 35.7 Å². The van der Waals surface area contributed by atoms with Crippen LogP contribution in [0.3, 0.4) is 0 Å². The summed E-state index contributed by atoms with van der Waals surface area (Å²) in [5, 5.41) is 2.74. The van der Waals surface area contributed by atoms with Crippen LogP contribution < -0.4 is 10.0 Å². The summed E-state index contributed by atoms with van der Waals surface area (Å²) >= 11 is 0. The first-order chi connectivity index (χ1) is 10.1. The second-order valence-electron chi connectivity index (χ2n) is 5.32. The van der Waals surface area contributed by atoms with Gasteiger partial charge in [-0.15, -0.1) is 0 Å². The van der Waals surface area contributed by atoms with Gasteiger partial charge in [-0.25, -0.2) is 21.9 Å². The zero-order valence-corrected chi connectivity index (χ0v) is 13.5. The number of rotatable bonds is 7. The van der Waals surface area contributed by atoms with E-state index in [1.54, 1.807) is 0 Å². The molecule has 0 aromatic heterocycles. The molecule has 1 unspecified atom stereocenters. The Bertz CT molecular complexity index is 633. The Balaban J connectivity index is 2.56. The highest BCUT2D eigenvalue weighted by atomic mass is 32.2. The molecule has 1 rings (SSSR count). The number of sulfonamides is 1. The predicted molar refractivity (Wildman–Crippen MR) is 78.6 cm³/mol. The number of halogens is 2. The van der Waals surface area contributed by atoms with Crippen LogP contribution in [0.15, 0.2) is 23.1 Å². The smallest absolute Gasteiger partial charge is 0.240 e. The average Bonchev–Trinajstić information content (AvgIpc) is 2.41. The van der Waals surface area contributed by atoms with E-state index in [1.807, 2.05) is 20.8 Å².